The first-order chi connectivity index (χ1) is 13.0. The van der Waals surface area contributed by atoms with Crippen LogP contribution in [0.15, 0.2) is 48.5 Å². The quantitative estimate of drug-likeness (QED) is 0.879. The summed E-state index contributed by atoms with van der Waals surface area (Å²) in [5.74, 6) is -1.27. The van der Waals surface area contributed by atoms with E-state index < -0.39 is 17.9 Å². The van der Waals surface area contributed by atoms with Crippen LogP contribution < -0.4 is 9.64 Å². The number of anilines is 1. The Labute approximate surface area is 155 Å². The largest absolute Gasteiger partial charge is 0.486 e. The van der Waals surface area contributed by atoms with E-state index in [0.717, 1.165) is 0 Å². The van der Waals surface area contributed by atoms with Crippen molar-refractivity contribution in [3.8, 4) is 5.75 Å². The van der Waals surface area contributed by atoms with Crippen LogP contribution in [0.2, 0.25) is 0 Å². The number of nitrogens with zero attached hydrogens (tertiary/aromatic N) is 2. The van der Waals surface area contributed by atoms with Crippen molar-refractivity contribution in [1.82, 2.24) is 4.90 Å². The van der Waals surface area contributed by atoms with Crippen LogP contribution in [0.4, 0.5) is 5.69 Å². The molecule has 1 N–H and O–H groups in total. The zero-order valence-electron chi connectivity index (χ0n) is 14.7. The van der Waals surface area contributed by atoms with Gasteiger partial charge in [0.25, 0.3) is 5.91 Å². The Bertz CT molecular complexity index is 941. The highest BCUT2D eigenvalue weighted by molar-refractivity contribution is 6.07. The van der Waals surface area contributed by atoms with Crippen molar-refractivity contribution in [3.63, 3.8) is 0 Å². The maximum atomic E-state index is 13.1. The van der Waals surface area contributed by atoms with E-state index in [2.05, 4.69) is 0 Å². The average molecular weight is 366 g/mol. The van der Waals surface area contributed by atoms with Crippen molar-refractivity contribution in [2.24, 2.45) is 0 Å². The lowest BCUT2D eigenvalue weighted by atomic mass is 10.1. The summed E-state index contributed by atoms with van der Waals surface area (Å²) < 4.78 is 6.04. The second-order valence-electron chi connectivity index (χ2n) is 6.66. The van der Waals surface area contributed by atoms with Gasteiger partial charge in [0.1, 0.15) is 17.9 Å². The van der Waals surface area contributed by atoms with E-state index >= 15 is 0 Å². The number of aromatic carboxylic acids is 1. The molecule has 2 aromatic rings. The molecule has 7 nitrogen and oxygen atoms in total. The number of para-hydroxylation sites is 2. The molecule has 2 atom stereocenters. The van der Waals surface area contributed by atoms with E-state index in [4.69, 9.17) is 4.74 Å². The van der Waals surface area contributed by atoms with Crippen LogP contribution in [0.1, 0.15) is 27.1 Å². The summed E-state index contributed by atoms with van der Waals surface area (Å²) in [6.07, 6.45) is 0.0492. The number of fused-ring (bicyclic) bond motifs is 3. The predicted molar refractivity (Wildman–Crippen MR) is 97.1 cm³/mol. The van der Waals surface area contributed by atoms with E-state index in [1.165, 1.54) is 21.9 Å². The summed E-state index contributed by atoms with van der Waals surface area (Å²) in [7, 11) is 1.65. The highest BCUT2D eigenvalue weighted by atomic mass is 16.5. The number of hydrogen-bond donors (Lipinski definition) is 1. The van der Waals surface area contributed by atoms with Gasteiger partial charge in [-0.1, -0.05) is 24.3 Å². The van der Waals surface area contributed by atoms with Gasteiger partial charge in [0, 0.05) is 13.5 Å². The molecule has 2 unspecified atom stereocenters. The Morgan fingerprint density at radius 1 is 1.07 bits per heavy atom. The zero-order chi connectivity index (χ0) is 19.1. The van der Waals surface area contributed by atoms with Crippen LogP contribution in [0, 0.1) is 0 Å². The summed E-state index contributed by atoms with van der Waals surface area (Å²) in [4.78, 5) is 40.5. The third-order valence-electron chi connectivity index (χ3n) is 5.05. The molecule has 0 spiro atoms. The maximum absolute atomic E-state index is 13.1. The lowest BCUT2D eigenvalue weighted by Crippen LogP contribution is -2.47. The van der Waals surface area contributed by atoms with Gasteiger partial charge < -0.3 is 19.6 Å². The fraction of sp³-hybridized carbons (Fsp3) is 0.250. The molecule has 1 fully saturated rings. The fourth-order valence-corrected chi connectivity index (χ4v) is 3.71. The van der Waals surface area contributed by atoms with Crippen molar-refractivity contribution >= 4 is 23.5 Å². The first-order valence-corrected chi connectivity index (χ1v) is 8.64. The summed E-state index contributed by atoms with van der Waals surface area (Å²) in [6.45, 7) is 0.228. The molecule has 2 aliphatic heterocycles. The van der Waals surface area contributed by atoms with Gasteiger partial charge in [-0.25, -0.2) is 4.79 Å². The van der Waals surface area contributed by atoms with Crippen molar-refractivity contribution in [3.05, 3.63) is 59.7 Å². The number of benzene rings is 2. The zero-order valence-corrected chi connectivity index (χ0v) is 14.7. The molecular formula is C20H18N2O5. The molecule has 138 valence electrons. The minimum absolute atomic E-state index is 0.0721. The molecule has 2 aromatic carbocycles. The molecule has 27 heavy (non-hydrogen) atoms. The number of amides is 2. The number of carbonyl (C=O) groups is 3. The monoisotopic (exact) mass is 366 g/mol. The second-order valence-corrected chi connectivity index (χ2v) is 6.66. The Balaban J connectivity index is 1.71. The molecule has 2 amide bonds. The van der Waals surface area contributed by atoms with Gasteiger partial charge in [0.05, 0.1) is 23.4 Å². The Kier molecular flexibility index (Phi) is 4.07. The van der Waals surface area contributed by atoms with Crippen LogP contribution in [0.5, 0.6) is 5.75 Å². The molecule has 0 saturated carbocycles. The van der Waals surface area contributed by atoms with E-state index in [1.54, 1.807) is 31.3 Å². The number of carboxylic acid groups (broad SMARTS) is 1. The van der Waals surface area contributed by atoms with E-state index in [0.29, 0.717) is 17.9 Å². The smallest absolute Gasteiger partial charge is 0.336 e. The van der Waals surface area contributed by atoms with Gasteiger partial charge >= 0.3 is 5.97 Å². The molecule has 2 heterocycles. The van der Waals surface area contributed by atoms with E-state index in [-0.39, 0.29) is 29.7 Å². The maximum Gasteiger partial charge on any atom is 0.336 e. The van der Waals surface area contributed by atoms with Crippen molar-refractivity contribution in [2.45, 2.75) is 18.6 Å². The molecule has 1 saturated heterocycles. The molecule has 7 heteroatoms. The van der Waals surface area contributed by atoms with Crippen LogP contribution in [-0.2, 0) is 4.79 Å². The molecule has 0 aromatic heterocycles. The summed E-state index contributed by atoms with van der Waals surface area (Å²) in [5, 5.41) is 9.38. The number of likely N-dealkylation sites (N-methyl/N-ethyl adjacent to an activating group) is 1. The average Bonchev–Trinajstić information content (AvgIpc) is 3.10. The summed E-state index contributed by atoms with van der Waals surface area (Å²) in [5.41, 5.74) is 0.643. The number of carbonyl (C=O) groups excluding carboxylic acids is 2. The van der Waals surface area contributed by atoms with Crippen molar-refractivity contribution in [1.29, 1.82) is 0 Å². The van der Waals surface area contributed by atoms with Gasteiger partial charge in [-0.15, -0.1) is 0 Å². The second kappa shape index (κ2) is 6.42. The molecule has 4 rings (SSSR count). The van der Waals surface area contributed by atoms with Crippen molar-refractivity contribution < 1.29 is 24.2 Å². The standard InChI is InChI=1S/C20H18N2O5/c1-21-15-8-4-5-9-17(15)27-12-10-16(19(21)24)22(11-12)18(23)13-6-2-3-7-14(13)20(25)26/h2-9,12,16H,10-11H2,1H3,(H,25,26). The molecular weight excluding hydrogens is 348 g/mol. The SMILES string of the molecule is CN1C(=O)C2CC(CN2C(=O)c2ccccc2C(=O)O)Oc2ccccc21. The third-order valence-corrected chi connectivity index (χ3v) is 5.05. The number of hydrogen-bond acceptors (Lipinski definition) is 4. The number of likely N-dealkylation sites (tertiary alicyclic amines) is 1. The number of rotatable bonds is 2. The Morgan fingerprint density at radius 3 is 2.48 bits per heavy atom. The lowest BCUT2D eigenvalue weighted by Gasteiger charge is -2.29. The van der Waals surface area contributed by atoms with Crippen LogP contribution in [-0.4, -0.2) is 53.5 Å². The molecule has 2 aliphatic rings. The molecule has 0 aliphatic carbocycles. The summed E-state index contributed by atoms with van der Waals surface area (Å²) in [6, 6.07) is 12.6. The van der Waals surface area contributed by atoms with Gasteiger partial charge in [-0.2, -0.15) is 0 Å². The van der Waals surface area contributed by atoms with Gasteiger partial charge in [0.15, 0.2) is 0 Å². The van der Waals surface area contributed by atoms with E-state index in [9.17, 15) is 19.5 Å². The molecule has 0 radical (unpaired) electrons. The van der Waals surface area contributed by atoms with Gasteiger partial charge in [-0.3, -0.25) is 9.59 Å². The first-order valence-electron chi connectivity index (χ1n) is 8.64. The highest BCUT2D eigenvalue weighted by Crippen LogP contribution is 2.35. The first kappa shape index (κ1) is 17.1. The third kappa shape index (κ3) is 2.81. The number of carboxylic acids is 1. The number of ether oxygens (including phenoxy) is 1. The minimum Gasteiger partial charge on any atom is -0.486 e. The minimum atomic E-state index is -1.18. The predicted octanol–water partition coefficient (Wildman–Crippen LogP) is 2.02. The highest BCUT2D eigenvalue weighted by Gasteiger charge is 2.44. The van der Waals surface area contributed by atoms with Crippen LogP contribution in [0.25, 0.3) is 0 Å². The lowest BCUT2D eigenvalue weighted by molar-refractivity contribution is -0.122. The normalized spacial score (nSPS) is 21.1. The fourth-order valence-electron chi connectivity index (χ4n) is 3.71. The van der Waals surface area contributed by atoms with Gasteiger partial charge in [0.2, 0.25) is 5.91 Å². The van der Waals surface area contributed by atoms with Crippen molar-refractivity contribution in [2.75, 3.05) is 18.5 Å². The van der Waals surface area contributed by atoms with Gasteiger partial charge in [-0.05, 0) is 24.3 Å². The Morgan fingerprint density at radius 2 is 1.74 bits per heavy atom. The van der Waals surface area contributed by atoms with E-state index in [1.807, 2.05) is 12.1 Å². The van der Waals surface area contributed by atoms with Crippen LogP contribution in [0.3, 0.4) is 0 Å². The summed E-state index contributed by atoms with van der Waals surface area (Å²) >= 11 is 0. The topological polar surface area (TPSA) is 87.2 Å². The molecule has 2 bridgehead atoms. The Hall–Kier alpha value is -3.35. The van der Waals surface area contributed by atoms with Crippen LogP contribution >= 0.6 is 0 Å².